The van der Waals surface area contributed by atoms with Crippen molar-refractivity contribution < 1.29 is 14.6 Å². The first kappa shape index (κ1) is 8.13. The van der Waals surface area contributed by atoms with E-state index in [9.17, 15) is 4.79 Å². The van der Waals surface area contributed by atoms with Crippen LogP contribution in [-0.4, -0.2) is 23.9 Å². The molecule has 0 aliphatic rings. The molecule has 0 bridgehead atoms. The van der Waals surface area contributed by atoms with E-state index in [2.05, 4.69) is 11.3 Å². The van der Waals surface area contributed by atoms with Crippen LogP contribution in [0.1, 0.15) is 0 Å². The van der Waals surface area contributed by atoms with Gasteiger partial charge in [0.2, 0.25) is 6.23 Å². The molecule has 0 radical (unpaired) electrons. The molecule has 4 nitrogen and oxygen atoms in total. The predicted molar refractivity (Wildman–Crippen MR) is 31.4 cm³/mol. The SMILES string of the molecule is C=CCOC(=O)C(N)O. The van der Waals surface area contributed by atoms with Crippen LogP contribution in [0.4, 0.5) is 0 Å². The van der Waals surface area contributed by atoms with E-state index >= 15 is 0 Å². The Labute approximate surface area is 52.9 Å². The summed E-state index contributed by atoms with van der Waals surface area (Å²) in [6.07, 6.45) is -0.148. The molecule has 0 aliphatic carbocycles. The lowest BCUT2D eigenvalue weighted by Crippen LogP contribution is -2.31. The van der Waals surface area contributed by atoms with E-state index in [-0.39, 0.29) is 6.61 Å². The number of aliphatic hydroxyl groups is 1. The number of rotatable bonds is 3. The van der Waals surface area contributed by atoms with Gasteiger partial charge in [-0.05, 0) is 0 Å². The minimum Gasteiger partial charge on any atom is -0.459 e. The van der Waals surface area contributed by atoms with Crippen LogP contribution in [0.5, 0.6) is 0 Å². The zero-order valence-corrected chi connectivity index (χ0v) is 4.91. The molecule has 3 N–H and O–H groups in total. The minimum atomic E-state index is -1.54. The van der Waals surface area contributed by atoms with Crippen LogP contribution in [0.15, 0.2) is 12.7 Å². The third-order valence-electron chi connectivity index (χ3n) is 0.585. The van der Waals surface area contributed by atoms with E-state index < -0.39 is 12.2 Å². The van der Waals surface area contributed by atoms with Crippen molar-refractivity contribution in [3.63, 3.8) is 0 Å². The molecular weight excluding hydrogens is 122 g/mol. The van der Waals surface area contributed by atoms with Crippen LogP contribution in [0.3, 0.4) is 0 Å². The van der Waals surface area contributed by atoms with Gasteiger partial charge in [0.25, 0.3) is 0 Å². The summed E-state index contributed by atoms with van der Waals surface area (Å²) < 4.78 is 4.32. The van der Waals surface area contributed by atoms with Gasteiger partial charge in [-0.25, -0.2) is 4.79 Å². The fourth-order valence-electron chi connectivity index (χ4n) is 0.226. The second-order valence-corrected chi connectivity index (χ2v) is 1.36. The van der Waals surface area contributed by atoms with Gasteiger partial charge < -0.3 is 9.84 Å². The highest BCUT2D eigenvalue weighted by Gasteiger charge is 2.08. The molecule has 0 saturated carbocycles. The summed E-state index contributed by atoms with van der Waals surface area (Å²) in [5.74, 6) is -0.838. The normalized spacial score (nSPS) is 12.2. The fourth-order valence-corrected chi connectivity index (χ4v) is 0.226. The van der Waals surface area contributed by atoms with Gasteiger partial charge in [0.05, 0.1) is 0 Å². The largest absolute Gasteiger partial charge is 0.459 e. The van der Waals surface area contributed by atoms with Crippen molar-refractivity contribution in [1.29, 1.82) is 0 Å². The lowest BCUT2D eigenvalue weighted by molar-refractivity contribution is -0.151. The molecule has 1 atom stereocenters. The van der Waals surface area contributed by atoms with Gasteiger partial charge in [-0.1, -0.05) is 12.7 Å². The van der Waals surface area contributed by atoms with Crippen molar-refractivity contribution in [2.45, 2.75) is 6.23 Å². The molecule has 52 valence electrons. The number of ether oxygens (including phenoxy) is 1. The number of aliphatic hydroxyl groups excluding tert-OH is 1. The first-order chi connectivity index (χ1) is 4.18. The molecule has 0 heterocycles. The Morgan fingerprint density at radius 3 is 2.89 bits per heavy atom. The molecular formula is C5H9NO3. The van der Waals surface area contributed by atoms with Crippen molar-refractivity contribution >= 4 is 5.97 Å². The van der Waals surface area contributed by atoms with Crippen LogP contribution >= 0.6 is 0 Å². The number of nitrogens with two attached hydrogens (primary N) is 1. The highest BCUT2D eigenvalue weighted by Crippen LogP contribution is 1.80. The summed E-state index contributed by atoms with van der Waals surface area (Å²) in [7, 11) is 0. The minimum absolute atomic E-state index is 0.0765. The molecule has 0 spiro atoms. The summed E-state index contributed by atoms with van der Waals surface area (Å²) >= 11 is 0. The van der Waals surface area contributed by atoms with Gasteiger partial charge in [0, 0.05) is 0 Å². The van der Waals surface area contributed by atoms with Gasteiger partial charge in [0.15, 0.2) is 0 Å². The quantitative estimate of drug-likeness (QED) is 0.292. The van der Waals surface area contributed by atoms with Crippen molar-refractivity contribution in [2.24, 2.45) is 5.73 Å². The maximum absolute atomic E-state index is 10.3. The van der Waals surface area contributed by atoms with Gasteiger partial charge in [0.1, 0.15) is 6.61 Å². The maximum Gasteiger partial charge on any atom is 0.350 e. The maximum atomic E-state index is 10.3. The first-order valence-corrected chi connectivity index (χ1v) is 2.39. The molecule has 0 aromatic rings. The molecule has 4 heteroatoms. The summed E-state index contributed by atoms with van der Waals surface area (Å²) in [5.41, 5.74) is 4.72. The average molecular weight is 131 g/mol. The predicted octanol–water partition coefficient (Wildman–Crippen LogP) is -1.01. The molecule has 0 saturated heterocycles. The highest BCUT2D eigenvalue weighted by atomic mass is 16.5. The van der Waals surface area contributed by atoms with E-state index in [1.165, 1.54) is 6.08 Å². The van der Waals surface area contributed by atoms with E-state index in [0.29, 0.717) is 0 Å². The molecule has 9 heavy (non-hydrogen) atoms. The average Bonchev–Trinajstić information content (AvgIpc) is 1.82. The number of hydrogen-bond donors (Lipinski definition) is 2. The topological polar surface area (TPSA) is 72.5 Å². The number of carbonyl (C=O) groups is 1. The highest BCUT2D eigenvalue weighted by molar-refractivity contribution is 5.73. The Hall–Kier alpha value is -0.870. The molecule has 0 aromatic carbocycles. The fraction of sp³-hybridized carbons (Fsp3) is 0.400. The Morgan fingerprint density at radius 2 is 2.56 bits per heavy atom. The second-order valence-electron chi connectivity index (χ2n) is 1.36. The number of esters is 1. The van der Waals surface area contributed by atoms with Crippen LogP contribution in [0, 0.1) is 0 Å². The number of carbonyl (C=O) groups excluding carboxylic acids is 1. The monoisotopic (exact) mass is 131 g/mol. The first-order valence-electron chi connectivity index (χ1n) is 2.39. The summed E-state index contributed by atoms with van der Waals surface area (Å²) in [6, 6.07) is 0. The van der Waals surface area contributed by atoms with Gasteiger partial charge in [-0.3, -0.25) is 5.73 Å². The smallest absolute Gasteiger partial charge is 0.350 e. The lowest BCUT2D eigenvalue weighted by Gasteiger charge is -2.01. The third-order valence-corrected chi connectivity index (χ3v) is 0.585. The summed E-state index contributed by atoms with van der Waals surface area (Å²) in [4.78, 5) is 10.3. The van der Waals surface area contributed by atoms with Gasteiger partial charge in [-0.15, -0.1) is 0 Å². The molecule has 0 rings (SSSR count). The lowest BCUT2D eigenvalue weighted by atomic mass is 10.6. The Morgan fingerprint density at radius 1 is 2.00 bits per heavy atom. The Kier molecular flexibility index (Phi) is 3.66. The zero-order valence-electron chi connectivity index (χ0n) is 4.91. The standard InChI is InChI=1S/C5H9NO3/c1-2-3-9-5(8)4(6)7/h2,4,7H,1,3,6H2. The molecule has 0 aliphatic heterocycles. The van der Waals surface area contributed by atoms with Crippen LogP contribution in [0.25, 0.3) is 0 Å². The van der Waals surface area contributed by atoms with Crippen molar-refractivity contribution in [3.05, 3.63) is 12.7 Å². The van der Waals surface area contributed by atoms with Crippen LogP contribution in [-0.2, 0) is 9.53 Å². The number of hydrogen-bond acceptors (Lipinski definition) is 4. The zero-order chi connectivity index (χ0) is 7.28. The molecule has 1 unspecified atom stereocenters. The second kappa shape index (κ2) is 4.05. The van der Waals surface area contributed by atoms with Gasteiger partial charge >= 0.3 is 5.97 Å². The Bertz CT molecular complexity index is 111. The summed E-state index contributed by atoms with van der Waals surface area (Å²) in [5, 5.41) is 8.32. The van der Waals surface area contributed by atoms with Crippen LogP contribution in [0.2, 0.25) is 0 Å². The van der Waals surface area contributed by atoms with Crippen LogP contribution < -0.4 is 5.73 Å². The van der Waals surface area contributed by atoms with Crippen molar-refractivity contribution in [1.82, 2.24) is 0 Å². The van der Waals surface area contributed by atoms with E-state index in [4.69, 9.17) is 10.8 Å². The van der Waals surface area contributed by atoms with E-state index in [1.807, 2.05) is 0 Å². The Balaban J connectivity index is 3.38. The molecule has 0 fully saturated rings. The third kappa shape index (κ3) is 3.69. The van der Waals surface area contributed by atoms with E-state index in [1.54, 1.807) is 0 Å². The van der Waals surface area contributed by atoms with E-state index in [0.717, 1.165) is 0 Å². The van der Waals surface area contributed by atoms with Crippen molar-refractivity contribution in [3.8, 4) is 0 Å². The van der Waals surface area contributed by atoms with Gasteiger partial charge in [-0.2, -0.15) is 0 Å². The summed E-state index contributed by atoms with van der Waals surface area (Å²) in [6.45, 7) is 3.37. The molecule has 0 amide bonds. The molecule has 0 aromatic heterocycles. The van der Waals surface area contributed by atoms with Crippen molar-refractivity contribution in [2.75, 3.05) is 6.61 Å².